The fourth-order valence-electron chi connectivity index (χ4n) is 1.92. The monoisotopic (exact) mass is 271 g/mol. The average molecular weight is 271 g/mol. The third kappa shape index (κ3) is 4.49. The summed E-state index contributed by atoms with van der Waals surface area (Å²) in [6, 6.07) is 0.614. The van der Waals surface area contributed by atoms with Gasteiger partial charge >= 0.3 is 0 Å². The van der Waals surface area contributed by atoms with E-state index in [1.807, 2.05) is 11.8 Å². The Hall–Kier alpha value is -0.750. The van der Waals surface area contributed by atoms with Crippen molar-refractivity contribution >= 4 is 23.6 Å². The number of thioether (sulfide) groups is 1. The lowest BCUT2D eigenvalue weighted by Gasteiger charge is -2.25. The highest BCUT2D eigenvalue weighted by Gasteiger charge is 2.25. The molecule has 2 rings (SSSR count). The summed E-state index contributed by atoms with van der Waals surface area (Å²) in [5, 5.41) is 6.22. The number of likely N-dealkylation sites (N-methyl/N-ethyl adjacent to an activating group) is 1. The first-order valence-corrected chi connectivity index (χ1v) is 7.65. The van der Waals surface area contributed by atoms with Crippen molar-refractivity contribution in [1.82, 2.24) is 15.5 Å². The van der Waals surface area contributed by atoms with Gasteiger partial charge in [0.1, 0.15) is 0 Å². The van der Waals surface area contributed by atoms with Crippen LogP contribution in [0.4, 0.5) is 0 Å². The second-order valence-corrected chi connectivity index (χ2v) is 6.17. The molecular formula is C12H21N3O2S. The zero-order chi connectivity index (χ0) is 13.0. The van der Waals surface area contributed by atoms with Crippen molar-refractivity contribution in [2.45, 2.75) is 31.3 Å². The van der Waals surface area contributed by atoms with Crippen molar-refractivity contribution < 1.29 is 9.59 Å². The van der Waals surface area contributed by atoms with Crippen LogP contribution in [0.5, 0.6) is 0 Å². The lowest BCUT2D eigenvalue weighted by atomic mass is 10.2. The van der Waals surface area contributed by atoms with E-state index in [1.54, 1.807) is 7.05 Å². The molecule has 0 radical (unpaired) electrons. The summed E-state index contributed by atoms with van der Waals surface area (Å²) in [5.41, 5.74) is 0. The molecule has 1 atom stereocenters. The van der Waals surface area contributed by atoms with Gasteiger partial charge in [0, 0.05) is 43.6 Å². The smallest absolute Gasteiger partial charge is 0.239 e. The van der Waals surface area contributed by atoms with E-state index in [0.717, 1.165) is 30.9 Å². The largest absolute Gasteiger partial charge is 0.352 e. The zero-order valence-corrected chi connectivity index (χ0v) is 11.6. The Balaban J connectivity index is 1.67. The maximum absolute atomic E-state index is 11.9. The molecule has 18 heavy (non-hydrogen) atoms. The van der Waals surface area contributed by atoms with Crippen LogP contribution in [0, 0.1) is 0 Å². The molecular weight excluding hydrogens is 250 g/mol. The Kier molecular flexibility index (Phi) is 4.88. The Morgan fingerprint density at radius 3 is 2.83 bits per heavy atom. The van der Waals surface area contributed by atoms with Crippen molar-refractivity contribution in [3.8, 4) is 0 Å². The van der Waals surface area contributed by atoms with Gasteiger partial charge in [0.25, 0.3) is 0 Å². The molecule has 0 spiro atoms. The van der Waals surface area contributed by atoms with Gasteiger partial charge in [0.2, 0.25) is 11.8 Å². The van der Waals surface area contributed by atoms with Crippen molar-refractivity contribution in [1.29, 1.82) is 0 Å². The molecule has 2 N–H and O–H groups in total. The van der Waals surface area contributed by atoms with E-state index < -0.39 is 0 Å². The third-order valence-corrected chi connectivity index (χ3v) is 4.30. The number of nitrogens with one attached hydrogen (secondary N) is 2. The average Bonchev–Trinajstić information content (AvgIpc) is 3.14. The molecule has 2 fully saturated rings. The summed E-state index contributed by atoms with van der Waals surface area (Å²) in [6.45, 7) is 1.14. The van der Waals surface area contributed by atoms with Gasteiger partial charge in [-0.3, -0.25) is 9.59 Å². The van der Waals surface area contributed by atoms with E-state index in [1.165, 1.54) is 4.90 Å². The van der Waals surface area contributed by atoms with Gasteiger partial charge in [-0.1, -0.05) is 0 Å². The molecule has 2 amide bonds. The number of carbonyl (C=O) groups is 2. The number of carbonyl (C=O) groups excluding carboxylic acids is 2. The van der Waals surface area contributed by atoms with E-state index in [9.17, 15) is 9.59 Å². The van der Waals surface area contributed by atoms with E-state index in [0.29, 0.717) is 12.5 Å². The van der Waals surface area contributed by atoms with Crippen LogP contribution in [0.2, 0.25) is 0 Å². The second kappa shape index (κ2) is 6.43. The summed E-state index contributed by atoms with van der Waals surface area (Å²) >= 11 is 1.87. The predicted octanol–water partition coefficient (Wildman–Crippen LogP) is -0.181. The first-order valence-electron chi connectivity index (χ1n) is 6.49. The summed E-state index contributed by atoms with van der Waals surface area (Å²) in [6.07, 6.45) is 2.64. The lowest BCUT2D eigenvalue weighted by molar-refractivity contribution is -0.135. The molecule has 1 unspecified atom stereocenters. The van der Waals surface area contributed by atoms with Crippen LogP contribution in [0.25, 0.3) is 0 Å². The Labute approximate surface area is 112 Å². The van der Waals surface area contributed by atoms with Crippen molar-refractivity contribution in [3.05, 3.63) is 0 Å². The molecule has 0 bridgehead atoms. The summed E-state index contributed by atoms with van der Waals surface area (Å²) in [5.74, 6) is 2.10. The van der Waals surface area contributed by atoms with Crippen LogP contribution in [0.1, 0.15) is 19.3 Å². The molecule has 5 nitrogen and oxygen atoms in total. The van der Waals surface area contributed by atoms with E-state index in [-0.39, 0.29) is 24.4 Å². The molecule has 1 saturated heterocycles. The lowest BCUT2D eigenvalue weighted by Crippen LogP contribution is -2.44. The van der Waals surface area contributed by atoms with Gasteiger partial charge in [-0.25, -0.2) is 0 Å². The fourth-order valence-corrected chi connectivity index (χ4v) is 2.87. The quantitative estimate of drug-likeness (QED) is 0.728. The van der Waals surface area contributed by atoms with Gasteiger partial charge in [0.15, 0.2) is 0 Å². The van der Waals surface area contributed by atoms with E-state index >= 15 is 0 Å². The van der Waals surface area contributed by atoms with Gasteiger partial charge in [-0.05, 0) is 12.8 Å². The predicted molar refractivity (Wildman–Crippen MR) is 72.5 cm³/mol. The second-order valence-electron chi connectivity index (χ2n) is 5.02. The number of hydrogen-bond acceptors (Lipinski definition) is 4. The molecule has 1 aliphatic carbocycles. The van der Waals surface area contributed by atoms with Crippen LogP contribution in [-0.2, 0) is 9.59 Å². The number of rotatable bonds is 5. The van der Waals surface area contributed by atoms with Crippen LogP contribution in [-0.4, -0.2) is 60.4 Å². The summed E-state index contributed by atoms with van der Waals surface area (Å²) in [4.78, 5) is 25.0. The minimum absolute atomic E-state index is 0.0423. The Bertz CT molecular complexity index is 314. The Morgan fingerprint density at radius 1 is 1.44 bits per heavy atom. The normalized spacial score (nSPS) is 23.5. The standard InChI is InChI=1S/C12H21N3O2S/c1-15(7-11(16)14-9-2-3-9)12(17)6-10-8-18-5-4-13-10/h9-10,13H,2-8H2,1H3,(H,14,16). The molecule has 0 aromatic rings. The van der Waals surface area contributed by atoms with Crippen molar-refractivity contribution in [3.63, 3.8) is 0 Å². The minimum Gasteiger partial charge on any atom is -0.352 e. The highest BCUT2D eigenvalue weighted by molar-refractivity contribution is 7.99. The first kappa shape index (κ1) is 13.7. The Morgan fingerprint density at radius 2 is 2.22 bits per heavy atom. The van der Waals surface area contributed by atoms with Crippen LogP contribution in [0.15, 0.2) is 0 Å². The number of amides is 2. The van der Waals surface area contributed by atoms with E-state index in [4.69, 9.17) is 0 Å². The summed E-state index contributed by atoms with van der Waals surface area (Å²) < 4.78 is 0. The topological polar surface area (TPSA) is 61.4 Å². The minimum atomic E-state index is -0.0423. The molecule has 0 aromatic carbocycles. The van der Waals surface area contributed by atoms with Gasteiger partial charge < -0.3 is 15.5 Å². The molecule has 102 valence electrons. The number of nitrogens with zero attached hydrogens (tertiary/aromatic N) is 1. The molecule has 1 heterocycles. The highest BCUT2D eigenvalue weighted by Crippen LogP contribution is 2.18. The maximum atomic E-state index is 11.9. The van der Waals surface area contributed by atoms with Crippen LogP contribution < -0.4 is 10.6 Å². The molecule has 0 aromatic heterocycles. The van der Waals surface area contributed by atoms with Gasteiger partial charge in [0.05, 0.1) is 6.54 Å². The van der Waals surface area contributed by atoms with Crippen LogP contribution in [0.3, 0.4) is 0 Å². The molecule has 1 aliphatic heterocycles. The molecule has 1 saturated carbocycles. The highest BCUT2D eigenvalue weighted by atomic mass is 32.2. The van der Waals surface area contributed by atoms with Gasteiger partial charge in [-0.2, -0.15) is 11.8 Å². The van der Waals surface area contributed by atoms with Crippen molar-refractivity contribution in [2.24, 2.45) is 0 Å². The number of hydrogen-bond donors (Lipinski definition) is 2. The zero-order valence-electron chi connectivity index (χ0n) is 10.8. The fraction of sp³-hybridized carbons (Fsp3) is 0.833. The van der Waals surface area contributed by atoms with Crippen LogP contribution >= 0.6 is 11.8 Å². The summed E-state index contributed by atoms with van der Waals surface area (Å²) in [7, 11) is 1.70. The first-order chi connectivity index (χ1) is 8.65. The third-order valence-electron chi connectivity index (χ3n) is 3.17. The maximum Gasteiger partial charge on any atom is 0.239 e. The molecule has 2 aliphatic rings. The van der Waals surface area contributed by atoms with E-state index in [2.05, 4.69) is 10.6 Å². The SMILES string of the molecule is CN(CC(=O)NC1CC1)C(=O)CC1CSCCN1. The van der Waals surface area contributed by atoms with Crippen molar-refractivity contribution in [2.75, 3.05) is 31.6 Å². The molecule has 6 heteroatoms. The van der Waals surface area contributed by atoms with Gasteiger partial charge in [-0.15, -0.1) is 0 Å².